The number of rotatable bonds is 4. The van der Waals surface area contributed by atoms with Crippen LogP contribution >= 0.6 is 24.0 Å². The zero-order chi connectivity index (χ0) is 17.6. The maximum atomic E-state index is 12.0. The van der Waals surface area contributed by atoms with Gasteiger partial charge in [-0.3, -0.25) is 9.79 Å². The standard InChI is InChI=1S/C16H20N4O3S.HI/c1-3-12-5-4-6-13(9-12)19-15(21)10-18-16(17-2)20-14-7-8-24(22,23)11-14;/h1,4-6,9,14H,7-8,10-11H2,2H3,(H,19,21)(H2,17,18,20);1H. The van der Waals surface area contributed by atoms with Crippen molar-refractivity contribution in [2.45, 2.75) is 12.5 Å². The Labute approximate surface area is 165 Å². The number of guanidine groups is 1. The number of halogens is 1. The highest BCUT2D eigenvalue weighted by Gasteiger charge is 2.28. The van der Waals surface area contributed by atoms with Gasteiger partial charge in [0.05, 0.1) is 18.1 Å². The van der Waals surface area contributed by atoms with Gasteiger partial charge >= 0.3 is 0 Å². The number of aliphatic imine (C=N–C) groups is 1. The van der Waals surface area contributed by atoms with E-state index in [1.54, 1.807) is 31.3 Å². The molecule has 2 rings (SSSR count). The summed E-state index contributed by atoms with van der Waals surface area (Å²) < 4.78 is 22.9. The molecule has 1 aliphatic heterocycles. The summed E-state index contributed by atoms with van der Waals surface area (Å²) in [7, 11) is -1.41. The number of hydrogen-bond acceptors (Lipinski definition) is 4. The van der Waals surface area contributed by atoms with Crippen LogP contribution in [0.4, 0.5) is 5.69 Å². The molecular formula is C16H21IN4O3S. The number of nitrogens with one attached hydrogen (secondary N) is 3. The molecule has 1 amide bonds. The van der Waals surface area contributed by atoms with Crippen molar-refractivity contribution in [3.63, 3.8) is 0 Å². The zero-order valence-electron chi connectivity index (χ0n) is 13.8. The molecule has 1 atom stereocenters. The second kappa shape index (κ2) is 9.62. The number of amides is 1. The molecule has 0 aliphatic carbocycles. The van der Waals surface area contributed by atoms with Crippen LogP contribution in [0.25, 0.3) is 0 Å². The fourth-order valence-corrected chi connectivity index (χ4v) is 4.03. The van der Waals surface area contributed by atoms with E-state index in [4.69, 9.17) is 6.42 Å². The van der Waals surface area contributed by atoms with Crippen molar-refractivity contribution < 1.29 is 13.2 Å². The summed E-state index contributed by atoms with van der Waals surface area (Å²) >= 11 is 0. The highest BCUT2D eigenvalue weighted by Crippen LogP contribution is 2.11. The first-order valence-electron chi connectivity index (χ1n) is 7.46. The molecule has 3 N–H and O–H groups in total. The van der Waals surface area contributed by atoms with E-state index in [2.05, 4.69) is 26.9 Å². The molecule has 0 saturated carbocycles. The van der Waals surface area contributed by atoms with Gasteiger partial charge in [-0.05, 0) is 24.6 Å². The van der Waals surface area contributed by atoms with Crippen LogP contribution in [-0.4, -0.2) is 51.4 Å². The fourth-order valence-electron chi connectivity index (χ4n) is 2.35. The van der Waals surface area contributed by atoms with Gasteiger partial charge in [0.15, 0.2) is 15.8 Å². The number of terminal acetylenes is 1. The summed E-state index contributed by atoms with van der Waals surface area (Å²) in [5.41, 5.74) is 1.29. The Balaban J connectivity index is 0.00000312. The van der Waals surface area contributed by atoms with Gasteiger partial charge in [-0.15, -0.1) is 30.4 Å². The van der Waals surface area contributed by atoms with Gasteiger partial charge in [-0.1, -0.05) is 12.0 Å². The fraction of sp³-hybridized carbons (Fsp3) is 0.375. The van der Waals surface area contributed by atoms with Gasteiger partial charge in [0.25, 0.3) is 0 Å². The lowest BCUT2D eigenvalue weighted by Gasteiger charge is -2.16. The van der Waals surface area contributed by atoms with Crippen LogP contribution in [0.15, 0.2) is 29.3 Å². The molecule has 136 valence electrons. The van der Waals surface area contributed by atoms with Crippen molar-refractivity contribution in [3.8, 4) is 12.3 Å². The van der Waals surface area contributed by atoms with E-state index >= 15 is 0 Å². The van der Waals surface area contributed by atoms with Gasteiger partial charge < -0.3 is 16.0 Å². The first-order valence-corrected chi connectivity index (χ1v) is 9.28. The normalized spacial score (nSPS) is 18.6. The molecule has 1 aromatic rings. The van der Waals surface area contributed by atoms with Gasteiger partial charge in [0.1, 0.15) is 0 Å². The number of sulfone groups is 1. The molecule has 1 aliphatic rings. The Morgan fingerprint density at radius 1 is 1.44 bits per heavy atom. The van der Waals surface area contributed by atoms with Gasteiger partial charge in [0.2, 0.25) is 5.91 Å². The second-order valence-corrected chi connectivity index (χ2v) is 7.67. The van der Waals surface area contributed by atoms with Gasteiger partial charge in [0, 0.05) is 24.3 Å². The Hall–Kier alpha value is -1.80. The Bertz CT molecular complexity index is 787. The Kier molecular flexibility index (Phi) is 8.18. The quantitative estimate of drug-likeness (QED) is 0.256. The van der Waals surface area contributed by atoms with Crippen LogP contribution in [0.5, 0.6) is 0 Å². The number of carbonyl (C=O) groups excluding carboxylic acids is 1. The second-order valence-electron chi connectivity index (χ2n) is 5.44. The lowest BCUT2D eigenvalue weighted by molar-refractivity contribution is -0.115. The smallest absolute Gasteiger partial charge is 0.243 e. The van der Waals surface area contributed by atoms with Crippen LogP contribution in [0.3, 0.4) is 0 Å². The van der Waals surface area contributed by atoms with Crippen molar-refractivity contribution in [2.75, 3.05) is 30.4 Å². The molecule has 25 heavy (non-hydrogen) atoms. The number of anilines is 1. The third kappa shape index (κ3) is 6.91. The topological polar surface area (TPSA) is 99.7 Å². The Morgan fingerprint density at radius 2 is 2.20 bits per heavy atom. The van der Waals surface area contributed by atoms with Crippen LogP contribution in [0, 0.1) is 12.3 Å². The monoisotopic (exact) mass is 476 g/mol. The third-order valence-corrected chi connectivity index (χ3v) is 5.29. The number of hydrogen-bond donors (Lipinski definition) is 3. The molecule has 0 aromatic heterocycles. The first-order chi connectivity index (χ1) is 11.4. The van der Waals surface area contributed by atoms with Crippen molar-refractivity contribution in [3.05, 3.63) is 29.8 Å². The molecule has 1 aromatic carbocycles. The maximum Gasteiger partial charge on any atom is 0.243 e. The third-order valence-electron chi connectivity index (χ3n) is 3.53. The Morgan fingerprint density at radius 3 is 2.80 bits per heavy atom. The van der Waals surface area contributed by atoms with Crippen LogP contribution in [0.1, 0.15) is 12.0 Å². The van der Waals surface area contributed by atoms with Crippen LogP contribution in [0.2, 0.25) is 0 Å². The number of carbonyl (C=O) groups is 1. The lowest BCUT2D eigenvalue weighted by Crippen LogP contribution is -2.46. The molecule has 7 nitrogen and oxygen atoms in total. The maximum absolute atomic E-state index is 12.0. The summed E-state index contributed by atoms with van der Waals surface area (Å²) in [5, 5.41) is 8.60. The molecule has 1 unspecified atom stereocenters. The molecule has 9 heteroatoms. The summed E-state index contributed by atoms with van der Waals surface area (Å²) in [5.74, 6) is 2.89. The SMILES string of the molecule is C#Cc1cccc(NC(=O)CNC(=NC)NC2CCS(=O)(=O)C2)c1.I. The van der Waals surface area contributed by atoms with Crippen LogP contribution < -0.4 is 16.0 Å². The van der Waals surface area contributed by atoms with E-state index < -0.39 is 9.84 Å². The van der Waals surface area contributed by atoms with Crippen LogP contribution in [-0.2, 0) is 14.6 Å². The summed E-state index contributed by atoms with van der Waals surface area (Å²) in [6, 6.07) is 6.80. The van der Waals surface area contributed by atoms with Gasteiger partial charge in [-0.25, -0.2) is 8.42 Å². The van der Waals surface area contributed by atoms with E-state index in [0.717, 1.165) is 0 Å². The molecule has 0 spiro atoms. The summed E-state index contributed by atoms with van der Waals surface area (Å²) in [6.45, 7) is -0.000571. The highest BCUT2D eigenvalue weighted by molar-refractivity contribution is 14.0. The molecule has 1 heterocycles. The average molecular weight is 476 g/mol. The molecule has 0 bridgehead atoms. The largest absolute Gasteiger partial charge is 0.353 e. The minimum absolute atomic E-state index is 0. The molecular weight excluding hydrogens is 455 g/mol. The van der Waals surface area contributed by atoms with E-state index in [9.17, 15) is 13.2 Å². The van der Waals surface area contributed by atoms with Crippen molar-refractivity contribution in [2.24, 2.45) is 4.99 Å². The van der Waals surface area contributed by atoms with E-state index in [1.165, 1.54) is 0 Å². The molecule has 1 saturated heterocycles. The zero-order valence-corrected chi connectivity index (χ0v) is 16.9. The highest BCUT2D eigenvalue weighted by atomic mass is 127. The van der Waals surface area contributed by atoms with Crippen molar-refractivity contribution in [1.29, 1.82) is 0 Å². The van der Waals surface area contributed by atoms with E-state index in [0.29, 0.717) is 23.6 Å². The van der Waals surface area contributed by atoms with E-state index in [-0.39, 0.29) is 54.0 Å². The lowest BCUT2D eigenvalue weighted by atomic mass is 10.2. The van der Waals surface area contributed by atoms with Crippen molar-refractivity contribution in [1.82, 2.24) is 10.6 Å². The molecule has 1 fully saturated rings. The van der Waals surface area contributed by atoms with E-state index in [1.807, 2.05) is 0 Å². The summed E-state index contributed by atoms with van der Waals surface area (Å²) in [6.07, 6.45) is 5.86. The predicted octanol–water partition coefficient (Wildman–Crippen LogP) is 0.577. The molecule has 0 radical (unpaired) electrons. The predicted molar refractivity (Wildman–Crippen MR) is 110 cm³/mol. The number of benzene rings is 1. The summed E-state index contributed by atoms with van der Waals surface area (Å²) in [4.78, 5) is 16.0. The number of nitrogens with zero attached hydrogens (tertiary/aromatic N) is 1. The minimum atomic E-state index is -2.97. The minimum Gasteiger partial charge on any atom is -0.353 e. The first kappa shape index (κ1) is 21.2. The van der Waals surface area contributed by atoms with Gasteiger partial charge in [-0.2, -0.15) is 0 Å². The average Bonchev–Trinajstić information content (AvgIpc) is 2.90. The van der Waals surface area contributed by atoms with Crippen molar-refractivity contribution >= 4 is 51.4 Å².